The number of hydrogen-bond acceptors (Lipinski definition) is 4. The van der Waals surface area contributed by atoms with Crippen LogP contribution in [0.5, 0.6) is 0 Å². The third-order valence-corrected chi connectivity index (χ3v) is 5.92. The van der Waals surface area contributed by atoms with Crippen molar-refractivity contribution in [3.63, 3.8) is 0 Å². The first kappa shape index (κ1) is 28.1. The van der Waals surface area contributed by atoms with Crippen LogP contribution in [0.1, 0.15) is 45.2 Å². The number of aliphatic imine (C=N–C) groups is 1. The zero-order valence-electron chi connectivity index (χ0n) is 20.5. The summed E-state index contributed by atoms with van der Waals surface area (Å²) in [6.07, 6.45) is 1.11. The first-order valence-corrected chi connectivity index (χ1v) is 11.6. The van der Waals surface area contributed by atoms with Crippen LogP contribution in [0.3, 0.4) is 0 Å². The molecule has 1 saturated heterocycles. The fraction of sp³-hybridized carbons (Fsp3) is 0.708. The SMILES string of the molecule is CN=C(NCCCN(C(C)C)C(C)C)NCc1ccc(CN2CCN(C)CC2)cc1.I. The molecule has 7 heteroatoms. The van der Waals surface area contributed by atoms with Gasteiger partial charge in [-0.15, -0.1) is 24.0 Å². The summed E-state index contributed by atoms with van der Waals surface area (Å²) in [5.41, 5.74) is 2.68. The number of halogens is 1. The summed E-state index contributed by atoms with van der Waals surface area (Å²) in [5, 5.41) is 6.88. The van der Waals surface area contributed by atoms with E-state index in [2.05, 4.69) is 89.3 Å². The molecule has 0 unspecified atom stereocenters. The van der Waals surface area contributed by atoms with E-state index in [-0.39, 0.29) is 24.0 Å². The highest BCUT2D eigenvalue weighted by atomic mass is 127. The number of rotatable bonds is 10. The Hall–Kier alpha value is -0.900. The van der Waals surface area contributed by atoms with Crippen LogP contribution in [-0.2, 0) is 13.1 Å². The lowest BCUT2D eigenvalue weighted by Crippen LogP contribution is -2.43. The Morgan fingerprint density at radius 3 is 2.10 bits per heavy atom. The van der Waals surface area contributed by atoms with Gasteiger partial charge >= 0.3 is 0 Å². The Morgan fingerprint density at radius 2 is 1.55 bits per heavy atom. The quantitative estimate of drug-likeness (QED) is 0.205. The predicted octanol–water partition coefficient (Wildman–Crippen LogP) is 3.23. The van der Waals surface area contributed by atoms with Gasteiger partial charge in [-0.1, -0.05) is 24.3 Å². The lowest BCUT2D eigenvalue weighted by atomic mass is 10.1. The van der Waals surface area contributed by atoms with E-state index in [9.17, 15) is 0 Å². The molecule has 1 aliphatic heterocycles. The van der Waals surface area contributed by atoms with Crippen molar-refractivity contribution in [1.29, 1.82) is 0 Å². The molecule has 2 rings (SSSR count). The zero-order valence-corrected chi connectivity index (χ0v) is 22.9. The maximum absolute atomic E-state index is 4.36. The molecule has 1 heterocycles. The van der Waals surface area contributed by atoms with E-state index < -0.39 is 0 Å². The molecule has 0 spiro atoms. The molecule has 0 aromatic heterocycles. The largest absolute Gasteiger partial charge is 0.356 e. The summed E-state index contributed by atoms with van der Waals surface area (Å²) in [5.74, 6) is 0.872. The lowest BCUT2D eigenvalue weighted by Gasteiger charge is -2.32. The number of hydrogen-bond donors (Lipinski definition) is 2. The van der Waals surface area contributed by atoms with Gasteiger partial charge in [-0.2, -0.15) is 0 Å². The fourth-order valence-electron chi connectivity index (χ4n) is 4.01. The summed E-state index contributed by atoms with van der Waals surface area (Å²) < 4.78 is 0. The van der Waals surface area contributed by atoms with Gasteiger partial charge in [-0.25, -0.2) is 0 Å². The Bertz CT molecular complexity index is 615. The average Bonchev–Trinajstić information content (AvgIpc) is 2.72. The summed E-state index contributed by atoms with van der Waals surface area (Å²) in [6, 6.07) is 10.2. The van der Waals surface area contributed by atoms with Crippen molar-refractivity contribution >= 4 is 29.9 Å². The smallest absolute Gasteiger partial charge is 0.191 e. The first-order valence-electron chi connectivity index (χ1n) is 11.6. The minimum absolute atomic E-state index is 0. The van der Waals surface area contributed by atoms with E-state index in [0.29, 0.717) is 12.1 Å². The van der Waals surface area contributed by atoms with Gasteiger partial charge in [0.15, 0.2) is 5.96 Å². The fourth-order valence-corrected chi connectivity index (χ4v) is 4.01. The van der Waals surface area contributed by atoms with Gasteiger partial charge in [-0.3, -0.25) is 14.8 Å². The number of guanidine groups is 1. The monoisotopic (exact) mass is 544 g/mol. The molecule has 0 amide bonds. The first-order chi connectivity index (χ1) is 14.4. The molecule has 0 radical (unpaired) electrons. The van der Waals surface area contributed by atoms with E-state index in [4.69, 9.17) is 0 Å². The standard InChI is InChI=1S/C24H44N6.HI/c1-20(2)30(21(3)4)13-7-12-26-24(25-5)27-18-22-8-10-23(11-9-22)19-29-16-14-28(6)15-17-29;/h8-11,20-21H,7,12-19H2,1-6H3,(H2,25,26,27);1H. The molecule has 1 fully saturated rings. The van der Waals surface area contributed by atoms with Gasteiger partial charge in [0.25, 0.3) is 0 Å². The normalized spacial score (nSPS) is 16.1. The van der Waals surface area contributed by atoms with E-state index in [1.807, 2.05) is 7.05 Å². The zero-order chi connectivity index (χ0) is 21.9. The van der Waals surface area contributed by atoms with Crippen LogP contribution in [-0.4, -0.2) is 86.1 Å². The molecule has 0 bridgehead atoms. The van der Waals surface area contributed by atoms with Crippen LogP contribution < -0.4 is 10.6 Å². The van der Waals surface area contributed by atoms with E-state index in [1.165, 1.54) is 24.2 Å². The summed E-state index contributed by atoms with van der Waals surface area (Å²) in [6.45, 7) is 17.6. The topological polar surface area (TPSA) is 46.1 Å². The van der Waals surface area contributed by atoms with Crippen molar-refractivity contribution < 1.29 is 0 Å². The minimum Gasteiger partial charge on any atom is -0.356 e. The predicted molar refractivity (Wildman–Crippen MR) is 144 cm³/mol. The van der Waals surface area contributed by atoms with Gasteiger partial charge in [-0.05, 0) is 52.3 Å². The van der Waals surface area contributed by atoms with Crippen LogP contribution in [0, 0.1) is 0 Å². The third-order valence-electron chi connectivity index (χ3n) is 5.92. The van der Waals surface area contributed by atoms with Crippen LogP contribution >= 0.6 is 24.0 Å². The third kappa shape index (κ3) is 10.5. The highest BCUT2D eigenvalue weighted by molar-refractivity contribution is 14.0. The molecule has 0 saturated carbocycles. The van der Waals surface area contributed by atoms with Crippen molar-refractivity contribution in [2.75, 3.05) is 53.4 Å². The Labute approximate surface area is 207 Å². The number of benzene rings is 1. The van der Waals surface area contributed by atoms with Gasteiger partial charge in [0.1, 0.15) is 0 Å². The molecule has 0 aliphatic carbocycles. The molecular weight excluding hydrogens is 499 g/mol. The van der Waals surface area contributed by atoms with Crippen LogP contribution in [0.25, 0.3) is 0 Å². The van der Waals surface area contributed by atoms with E-state index >= 15 is 0 Å². The second-order valence-corrected chi connectivity index (χ2v) is 9.03. The van der Waals surface area contributed by atoms with Crippen LogP contribution in [0.4, 0.5) is 0 Å². The maximum atomic E-state index is 4.36. The van der Waals surface area contributed by atoms with Crippen molar-refractivity contribution in [1.82, 2.24) is 25.3 Å². The molecule has 1 aromatic rings. The number of nitrogens with one attached hydrogen (secondary N) is 2. The number of likely N-dealkylation sites (N-methyl/N-ethyl adjacent to an activating group) is 1. The molecule has 6 nitrogen and oxygen atoms in total. The second-order valence-electron chi connectivity index (χ2n) is 9.03. The minimum atomic E-state index is 0. The molecule has 178 valence electrons. The van der Waals surface area contributed by atoms with Gasteiger partial charge < -0.3 is 15.5 Å². The van der Waals surface area contributed by atoms with E-state index in [0.717, 1.165) is 51.6 Å². The van der Waals surface area contributed by atoms with Crippen molar-refractivity contribution in [3.05, 3.63) is 35.4 Å². The molecule has 1 aliphatic rings. The number of piperazine rings is 1. The Kier molecular flexibility index (Phi) is 13.6. The summed E-state index contributed by atoms with van der Waals surface area (Å²) >= 11 is 0. The summed E-state index contributed by atoms with van der Waals surface area (Å²) in [4.78, 5) is 11.8. The lowest BCUT2D eigenvalue weighted by molar-refractivity contribution is 0.148. The Morgan fingerprint density at radius 1 is 0.968 bits per heavy atom. The molecule has 1 aromatic carbocycles. The van der Waals surface area contributed by atoms with Crippen molar-refractivity contribution in [2.45, 2.75) is 59.3 Å². The van der Waals surface area contributed by atoms with E-state index in [1.54, 1.807) is 0 Å². The molecular formula is C24H45IN6. The van der Waals surface area contributed by atoms with Crippen molar-refractivity contribution in [3.8, 4) is 0 Å². The summed E-state index contributed by atoms with van der Waals surface area (Å²) in [7, 11) is 4.04. The van der Waals surface area contributed by atoms with Gasteiger partial charge in [0.2, 0.25) is 0 Å². The molecule has 2 N–H and O–H groups in total. The second kappa shape index (κ2) is 15.0. The van der Waals surface area contributed by atoms with Crippen LogP contribution in [0.2, 0.25) is 0 Å². The highest BCUT2D eigenvalue weighted by Crippen LogP contribution is 2.10. The number of nitrogens with zero attached hydrogens (tertiary/aromatic N) is 4. The Balaban J connectivity index is 0.00000480. The highest BCUT2D eigenvalue weighted by Gasteiger charge is 2.14. The van der Waals surface area contributed by atoms with Crippen LogP contribution in [0.15, 0.2) is 29.3 Å². The van der Waals surface area contributed by atoms with Gasteiger partial charge in [0.05, 0.1) is 0 Å². The molecule has 0 atom stereocenters. The average molecular weight is 545 g/mol. The van der Waals surface area contributed by atoms with Gasteiger partial charge in [0, 0.05) is 71.5 Å². The van der Waals surface area contributed by atoms with Crippen molar-refractivity contribution in [2.24, 2.45) is 4.99 Å². The maximum Gasteiger partial charge on any atom is 0.191 e. The molecule has 31 heavy (non-hydrogen) atoms.